The maximum Gasteiger partial charge on any atom is 0.0112 e. The highest BCUT2D eigenvalue weighted by molar-refractivity contribution is 14.1. The third-order valence-corrected chi connectivity index (χ3v) is 10.2. The summed E-state index contributed by atoms with van der Waals surface area (Å²) in [6.45, 7) is 2.50. The quantitative estimate of drug-likeness (QED) is 0.297. The Kier molecular flexibility index (Phi) is 6.73. The summed E-state index contributed by atoms with van der Waals surface area (Å²) in [4.78, 5) is 0. The second kappa shape index (κ2) is 8.82. The van der Waals surface area contributed by atoms with Gasteiger partial charge in [-0.2, -0.15) is 0 Å². The van der Waals surface area contributed by atoms with Crippen LogP contribution >= 0.6 is 22.6 Å². The van der Waals surface area contributed by atoms with Crippen LogP contribution in [0.4, 0.5) is 0 Å². The molecule has 4 fully saturated rings. The average molecular weight is 456 g/mol. The molecule has 0 N–H and O–H groups in total. The van der Waals surface area contributed by atoms with Crippen molar-refractivity contribution in [1.29, 1.82) is 0 Å². The molecule has 0 aliphatic heterocycles. The monoisotopic (exact) mass is 456 g/mol. The van der Waals surface area contributed by atoms with E-state index in [0.717, 1.165) is 45.3 Å². The third kappa shape index (κ3) is 4.60. The molecular weight excluding hydrogens is 415 g/mol. The van der Waals surface area contributed by atoms with Crippen LogP contribution in [0.15, 0.2) is 0 Å². The Morgan fingerprint density at radius 3 is 2.24 bits per heavy atom. The van der Waals surface area contributed by atoms with Gasteiger partial charge in [0.05, 0.1) is 0 Å². The van der Waals surface area contributed by atoms with E-state index in [1.165, 1.54) is 25.7 Å². The summed E-state index contributed by atoms with van der Waals surface area (Å²) in [6, 6.07) is 0. The Balaban J connectivity index is 1.30. The molecule has 0 saturated heterocycles. The van der Waals surface area contributed by atoms with Crippen LogP contribution < -0.4 is 0 Å². The van der Waals surface area contributed by atoms with Crippen molar-refractivity contribution < 1.29 is 0 Å². The molecule has 4 aliphatic carbocycles. The van der Waals surface area contributed by atoms with Crippen LogP contribution in [-0.4, -0.2) is 3.92 Å². The average Bonchev–Trinajstić information content (AvgIpc) is 2.65. The number of alkyl halides is 1. The van der Waals surface area contributed by atoms with E-state index in [4.69, 9.17) is 0 Å². The van der Waals surface area contributed by atoms with E-state index in [1.807, 2.05) is 0 Å². The summed E-state index contributed by atoms with van der Waals surface area (Å²) in [7, 11) is 0. The van der Waals surface area contributed by atoms with Crippen molar-refractivity contribution in [2.75, 3.05) is 0 Å². The highest BCUT2D eigenvalue weighted by Gasteiger charge is 2.38. The first-order chi connectivity index (χ1) is 12.2. The van der Waals surface area contributed by atoms with Crippen molar-refractivity contribution in [2.24, 2.45) is 41.4 Å². The Labute approximate surface area is 170 Å². The van der Waals surface area contributed by atoms with E-state index in [1.54, 1.807) is 70.6 Å². The molecule has 8 unspecified atom stereocenters. The topological polar surface area (TPSA) is 0 Å². The molecular formula is C24H41I. The molecule has 4 saturated carbocycles. The van der Waals surface area contributed by atoms with E-state index >= 15 is 0 Å². The predicted molar refractivity (Wildman–Crippen MR) is 117 cm³/mol. The fourth-order valence-corrected chi connectivity index (χ4v) is 8.61. The van der Waals surface area contributed by atoms with Gasteiger partial charge < -0.3 is 0 Å². The van der Waals surface area contributed by atoms with Crippen LogP contribution in [-0.2, 0) is 0 Å². The number of halogens is 1. The van der Waals surface area contributed by atoms with Gasteiger partial charge in [-0.1, -0.05) is 68.0 Å². The first kappa shape index (κ1) is 19.1. The molecule has 0 amide bonds. The fourth-order valence-electron chi connectivity index (χ4n) is 7.60. The molecule has 0 bridgehead atoms. The van der Waals surface area contributed by atoms with E-state index in [0.29, 0.717) is 0 Å². The van der Waals surface area contributed by atoms with Gasteiger partial charge in [-0.15, -0.1) is 0 Å². The van der Waals surface area contributed by atoms with Crippen molar-refractivity contribution in [1.82, 2.24) is 0 Å². The first-order valence-corrected chi connectivity index (χ1v) is 13.1. The molecule has 1 heteroatoms. The minimum absolute atomic E-state index is 0.989. The minimum atomic E-state index is 0.989. The van der Waals surface area contributed by atoms with Gasteiger partial charge in [-0.05, 0) is 99.2 Å². The lowest BCUT2D eigenvalue weighted by atomic mass is 9.61. The normalized spacial score (nSPS) is 46.1. The maximum atomic E-state index is 2.72. The number of rotatable bonds is 4. The van der Waals surface area contributed by atoms with E-state index in [9.17, 15) is 0 Å². The standard InChI is InChI=1S/C24H41I/c1-2-18(13-17-7-8-19-5-3-4-6-20(19)14-17)21-9-10-23-16-24(25)12-11-22(23)15-21/h17-24H,2-16H2,1H3. The van der Waals surface area contributed by atoms with Crippen LogP contribution in [0.3, 0.4) is 0 Å². The molecule has 0 aromatic carbocycles. The van der Waals surface area contributed by atoms with Crippen molar-refractivity contribution >= 4 is 22.6 Å². The van der Waals surface area contributed by atoms with Crippen LogP contribution in [0.25, 0.3) is 0 Å². The molecule has 0 nitrogen and oxygen atoms in total. The number of fused-ring (bicyclic) bond motifs is 2. The highest BCUT2D eigenvalue weighted by Crippen LogP contribution is 2.49. The summed E-state index contributed by atoms with van der Waals surface area (Å²) in [5.74, 6) is 7.69. The molecule has 25 heavy (non-hydrogen) atoms. The third-order valence-electron chi connectivity index (χ3n) is 9.07. The van der Waals surface area contributed by atoms with Gasteiger partial charge in [-0.25, -0.2) is 0 Å². The number of hydrogen-bond donors (Lipinski definition) is 0. The van der Waals surface area contributed by atoms with Crippen molar-refractivity contribution in [3.8, 4) is 0 Å². The second-order valence-electron chi connectivity index (χ2n) is 10.4. The van der Waals surface area contributed by atoms with Gasteiger partial charge in [0, 0.05) is 3.92 Å². The zero-order chi connectivity index (χ0) is 17.2. The largest absolute Gasteiger partial charge is 0.0826 e. The van der Waals surface area contributed by atoms with Gasteiger partial charge in [0.25, 0.3) is 0 Å². The SMILES string of the molecule is CCC(CC1CCC2CCCCC2C1)C1CCC2CC(I)CCC2C1. The van der Waals surface area contributed by atoms with E-state index < -0.39 is 0 Å². The van der Waals surface area contributed by atoms with Crippen LogP contribution in [0.2, 0.25) is 0 Å². The smallest absolute Gasteiger partial charge is 0.0112 e. The zero-order valence-corrected chi connectivity index (χ0v) is 18.8. The van der Waals surface area contributed by atoms with Crippen LogP contribution in [0.1, 0.15) is 103 Å². The molecule has 4 aliphatic rings. The Bertz CT molecular complexity index is 418. The highest BCUT2D eigenvalue weighted by atomic mass is 127. The van der Waals surface area contributed by atoms with Crippen LogP contribution in [0, 0.1) is 41.4 Å². The van der Waals surface area contributed by atoms with Gasteiger partial charge in [0.2, 0.25) is 0 Å². The first-order valence-electron chi connectivity index (χ1n) is 11.9. The van der Waals surface area contributed by atoms with Crippen molar-refractivity contribution in [2.45, 2.75) is 107 Å². The Morgan fingerprint density at radius 2 is 1.40 bits per heavy atom. The molecule has 0 aromatic heterocycles. The van der Waals surface area contributed by atoms with Gasteiger partial charge in [0.15, 0.2) is 0 Å². The molecule has 0 heterocycles. The summed E-state index contributed by atoms with van der Waals surface area (Å²) >= 11 is 2.72. The summed E-state index contributed by atoms with van der Waals surface area (Å²) in [5.41, 5.74) is 0. The molecule has 8 atom stereocenters. The summed E-state index contributed by atoms with van der Waals surface area (Å²) in [6.07, 6.45) is 23.4. The molecule has 4 rings (SSSR count). The maximum absolute atomic E-state index is 2.72. The molecule has 0 aromatic rings. The van der Waals surface area contributed by atoms with E-state index in [2.05, 4.69) is 29.5 Å². The van der Waals surface area contributed by atoms with Gasteiger partial charge >= 0.3 is 0 Å². The molecule has 0 spiro atoms. The van der Waals surface area contributed by atoms with Gasteiger partial charge in [-0.3, -0.25) is 0 Å². The summed E-state index contributed by atoms with van der Waals surface area (Å²) in [5, 5.41) is 0. The fraction of sp³-hybridized carbons (Fsp3) is 1.00. The predicted octanol–water partition coefficient (Wildman–Crippen LogP) is 8.03. The lowest BCUT2D eigenvalue weighted by Gasteiger charge is -2.45. The zero-order valence-electron chi connectivity index (χ0n) is 16.6. The van der Waals surface area contributed by atoms with Crippen molar-refractivity contribution in [3.05, 3.63) is 0 Å². The lowest BCUT2D eigenvalue weighted by Crippen LogP contribution is -2.35. The lowest BCUT2D eigenvalue weighted by molar-refractivity contribution is 0.0715. The Morgan fingerprint density at radius 1 is 0.720 bits per heavy atom. The van der Waals surface area contributed by atoms with Gasteiger partial charge in [0.1, 0.15) is 0 Å². The van der Waals surface area contributed by atoms with E-state index in [-0.39, 0.29) is 0 Å². The van der Waals surface area contributed by atoms with Crippen molar-refractivity contribution in [3.63, 3.8) is 0 Å². The minimum Gasteiger partial charge on any atom is -0.0826 e. The molecule has 144 valence electrons. The number of hydrogen-bond acceptors (Lipinski definition) is 0. The second-order valence-corrected chi connectivity index (χ2v) is 12.2. The summed E-state index contributed by atoms with van der Waals surface area (Å²) < 4.78 is 0.989. The van der Waals surface area contributed by atoms with Crippen LogP contribution in [0.5, 0.6) is 0 Å². The molecule has 0 radical (unpaired) electrons. The Hall–Kier alpha value is 0.730.